The summed E-state index contributed by atoms with van der Waals surface area (Å²) in [4.78, 5) is 9.17. The standard InChI is InChI=1S/C20H15ClF3N5/c1-11-8-12(2)29(28-11)19-18(26-16-7-6-14(21)10-17(16)27-19)25-15-5-3-4-13(9-15)20(22,23)24/h3-10H,1-2H3,(H,25,26). The van der Waals surface area contributed by atoms with Gasteiger partial charge in [0.15, 0.2) is 11.6 Å². The molecule has 0 fully saturated rings. The fraction of sp³-hybridized carbons (Fsp3) is 0.150. The second-order valence-electron chi connectivity index (χ2n) is 6.57. The average Bonchev–Trinajstić information content (AvgIpc) is 2.99. The Hall–Kier alpha value is -3.13. The van der Waals surface area contributed by atoms with Crippen LogP contribution in [0.5, 0.6) is 0 Å². The van der Waals surface area contributed by atoms with Gasteiger partial charge in [-0.15, -0.1) is 0 Å². The number of rotatable bonds is 3. The van der Waals surface area contributed by atoms with Gasteiger partial charge in [0.2, 0.25) is 0 Å². The fourth-order valence-electron chi connectivity index (χ4n) is 3.00. The summed E-state index contributed by atoms with van der Waals surface area (Å²) in [5.41, 5.74) is 2.18. The first-order chi connectivity index (χ1) is 13.7. The van der Waals surface area contributed by atoms with Crippen LogP contribution >= 0.6 is 11.6 Å². The van der Waals surface area contributed by atoms with E-state index in [9.17, 15) is 13.2 Å². The molecule has 0 saturated carbocycles. The molecule has 0 amide bonds. The van der Waals surface area contributed by atoms with E-state index >= 15 is 0 Å². The van der Waals surface area contributed by atoms with Crippen LogP contribution < -0.4 is 5.32 Å². The number of nitrogens with zero attached hydrogens (tertiary/aromatic N) is 4. The summed E-state index contributed by atoms with van der Waals surface area (Å²) in [6, 6.07) is 11.8. The van der Waals surface area contributed by atoms with Gasteiger partial charge in [0.05, 0.1) is 22.3 Å². The molecule has 0 aliphatic carbocycles. The highest BCUT2D eigenvalue weighted by Gasteiger charge is 2.30. The van der Waals surface area contributed by atoms with Crippen LogP contribution in [0.2, 0.25) is 5.02 Å². The number of aryl methyl sites for hydroxylation is 2. The molecule has 9 heteroatoms. The molecule has 0 aliphatic heterocycles. The highest BCUT2D eigenvalue weighted by molar-refractivity contribution is 6.31. The van der Waals surface area contributed by atoms with Gasteiger partial charge < -0.3 is 5.32 Å². The van der Waals surface area contributed by atoms with Crippen LogP contribution in [-0.4, -0.2) is 19.7 Å². The number of aromatic nitrogens is 4. The Morgan fingerprint density at radius 3 is 2.45 bits per heavy atom. The first-order valence-corrected chi connectivity index (χ1v) is 9.04. The lowest BCUT2D eigenvalue weighted by atomic mass is 10.2. The van der Waals surface area contributed by atoms with Crippen molar-refractivity contribution in [2.45, 2.75) is 20.0 Å². The molecule has 2 heterocycles. The summed E-state index contributed by atoms with van der Waals surface area (Å²) < 4.78 is 40.8. The van der Waals surface area contributed by atoms with Crippen LogP contribution in [0.25, 0.3) is 16.9 Å². The monoisotopic (exact) mass is 417 g/mol. The third-order valence-electron chi connectivity index (χ3n) is 4.27. The maximum atomic E-state index is 13.1. The van der Waals surface area contributed by atoms with Gasteiger partial charge in [0, 0.05) is 16.4 Å². The molecule has 0 spiro atoms. The van der Waals surface area contributed by atoms with E-state index in [1.165, 1.54) is 12.1 Å². The van der Waals surface area contributed by atoms with Crippen LogP contribution in [0.4, 0.5) is 24.7 Å². The molecule has 0 atom stereocenters. The Kier molecular flexibility index (Phi) is 4.66. The summed E-state index contributed by atoms with van der Waals surface area (Å²) in [5, 5.41) is 7.89. The summed E-state index contributed by atoms with van der Waals surface area (Å²) in [6.07, 6.45) is -4.44. The molecule has 0 unspecified atom stereocenters. The number of benzene rings is 2. The molecule has 4 aromatic rings. The van der Waals surface area contributed by atoms with E-state index in [-0.39, 0.29) is 11.5 Å². The first kappa shape index (κ1) is 19.2. The minimum absolute atomic E-state index is 0.241. The van der Waals surface area contributed by atoms with Crippen molar-refractivity contribution in [1.29, 1.82) is 0 Å². The molecule has 2 aromatic heterocycles. The van der Waals surface area contributed by atoms with Gasteiger partial charge in [-0.1, -0.05) is 17.7 Å². The average molecular weight is 418 g/mol. The van der Waals surface area contributed by atoms with Gasteiger partial charge in [-0.2, -0.15) is 18.3 Å². The van der Waals surface area contributed by atoms with Crippen LogP contribution in [-0.2, 0) is 6.18 Å². The maximum Gasteiger partial charge on any atom is 0.416 e. The third-order valence-corrected chi connectivity index (χ3v) is 4.51. The Bertz CT molecular complexity index is 1220. The van der Waals surface area contributed by atoms with Gasteiger partial charge in [-0.3, -0.25) is 0 Å². The predicted molar refractivity (Wildman–Crippen MR) is 106 cm³/mol. The number of nitrogens with one attached hydrogen (secondary N) is 1. The van der Waals surface area contributed by atoms with Crippen molar-refractivity contribution in [3.8, 4) is 5.82 Å². The van der Waals surface area contributed by atoms with Crippen molar-refractivity contribution in [1.82, 2.24) is 19.7 Å². The summed E-state index contributed by atoms with van der Waals surface area (Å²) >= 11 is 6.07. The number of alkyl halides is 3. The zero-order valence-electron chi connectivity index (χ0n) is 15.4. The number of hydrogen-bond acceptors (Lipinski definition) is 4. The lowest BCUT2D eigenvalue weighted by molar-refractivity contribution is -0.137. The van der Waals surface area contributed by atoms with Crippen molar-refractivity contribution in [3.63, 3.8) is 0 Å². The Morgan fingerprint density at radius 2 is 1.76 bits per heavy atom. The smallest absolute Gasteiger partial charge is 0.337 e. The van der Waals surface area contributed by atoms with E-state index in [1.54, 1.807) is 22.9 Å². The number of anilines is 2. The van der Waals surface area contributed by atoms with Gasteiger partial charge >= 0.3 is 6.18 Å². The number of hydrogen-bond donors (Lipinski definition) is 1. The minimum Gasteiger partial charge on any atom is -0.337 e. The summed E-state index contributed by atoms with van der Waals surface area (Å²) in [6.45, 7) is 3.70. The third kappa shape index (κ3) is 3.88. The SMILES string of the molecule is Cc1cc(C)n(-c2nc3cc(Cl)ccc3nc2Nc2cccc(C(F)(F)F)c2)n1. The van der Waals surface area contributed by atoms with Crippen molar-refractivity contribution >= 4 is 34.1 Å². The lowest BCUT2D eigenvalue weighted by Gasteiger charge is -2.14. The Balaban J connectivity index is 1.87. The second kappa shape index (κ2) is 7.04. The van der Waals surface area contributed by atoms with E-state index in [0.717, 1.165) is 23.5 Å². The van der Waals surface area contributed by atoms with Crippen LogP contribution in [0.3, 0.4) is 0 Å². The summed E-state index contributed by atoms with van der Waals surface area (Å²) in [5.74, 6) is 0.646. The number of halogens is 4. The molecule has 4 rings (SSSR count). The van der Waals surface area contributed by atoms with Crippen LogP contribution in [0.15, 0.2) is 48.5 Å². The molecule has 0 bridgehead atoms. The van der Waals surface area contributed by atoms with E-state index < -0.39 is 11.7 Å². The maximum absolute atomic E-state index is 13.1. The highest BCUT2D eigenvalue weighted by atomic mass is 35.5. The van der Waals surface area contributed by atoms with Crippen molar-refractivity contribution < 1.29 is 13.2 Å². The molecule has 5 nitrogen and oxygen atoms in total. The number of fused-ring (bicyclic) bond motifs is 1. The Morgan fingerprint density at radius 1 is 0.966 bits per heavy atom. The summed E-state index contributed by atoms with van der Waals surface area (Å²) in [7, 11) is 0. The second-order valence-corrected chi connectivity index (χ2v) is 7.01. The van der Waals surface area contributed by atoms with Gasteiger partial charge in [0.25, 0.3) is 0 Å². The quantitative estimate of drug-likeness (QED) is 0.454. The largest absolute Gasteiger partial charge is 0.416 e. The molecule has 0 radical (unpaired) electrons. The highest BCUT2D eigenvalue weighted by Crippen LogP contribution is 2.32. The molecule has 29 heavy (non-hydrogen) atoms. The van der Waals surface area contributed by atoms with E-state index in [4.69, 9.17) is 11.6 Å². The molecule has 2 aromatic carbocycles. The predicted octanol–water partition coefficient (Wildman–Crippen LogP) is 5.85. The molecule has 148 valence electrons. The first-order valence-electron chi connectivity index (χ1n) is 8.66. The Labute approximate surface area is 169 Å². The normalized spacial score (nSPS) is 11.8. The van der Waals surface area contributed by atoms with Crippen molar-refractivity contribution in [3.05, 3.63) is 70.5 Å². The van der Waals surface area contributed by atoms with Crippen LogP contribution in [0.1, 0.15) is 17.0 Å². The van der Waals surface area contributed by atoms with E-state index in [0.29, 0.717) is 21.9 Å². The van der Waals surface area contributed by atoms with Gasteiger partial charge in [0.1, 0.15) is 0 Å². The molecule has 0 aliphatic rings. The molecular weight excluding hydrogens is 403 g/mol. The van der Waals surface area contributed by atoms with Crippen molar-refractivity contribution in [2.24, 2.45) is 0 Å². The lowest BCUT2D eigenvalue weighted by Crippen LogP contribution is -2.09. The van der Waals surface area contributed by atoms with Gasteiger partial charge in [-0.25, -0.2) is 14.6 Å². The zero-order valence-corrected chi connectivity index (χ0v) is 16.2. The van der Waals surface area contributed by atoms with E-state index in [2.05, 4.69) is 20.4 Å². The zero-order chi connectivity index (χ0) is 20.8. The fourth-order valence-corrected chi connectivity index (χ4v) is 3.17. The molecule has 1 N–H and O–H groups in total. The topological polar surface area (TPSA) is 55.6 Å². The minimum atomic E-state index is -4.44. The van der Waals surface area contributed by atoms with Gasteiger partial charge in [-0.05, 0) is 56.3 Å². The van der Waals surface area contributed by atoms with Crippen LogP contribution in [0, 0.1) is 13.8 Å². The van der Waals surface area contributed by atoms with E-state index in [1.807, 2.05) is 19.9 Å². The van der Waals surface area contributed by atoms with Crippen molar-refractivity contribution in [2.75, 3.05) is 5.32 Å². The molecular formula is C20H15ClF3N5. The molecule has 0 saturated heterocycles.